The molecule has 2 rings (SSSR count). The molecule has 0 saturated carbocycles. The van der Waals surface area contributed by atoms with Crippen LogP contribution in [0.2, 0.25) is 0 Å². The molecular weight excluding hydrogens is 329 g/mol. The Morgan fingerprint density at radius 3 is 3.00 bits per heavy atom. The predicted octanol–water partition coefficient (Wildman–Crippen LogP) is 1.86. The van der Waals surface area contributed by atoms with E-state index in [1.54, 1.807) is 19.2 Å². The summed E-state index contributed by atoms with van der Waals surface area (Å²) in [5.74, 6) is 0.143. The van der Waals surface area contributed by atoms with E-state index < -0.39 is 5.82 Å². The Morgan fingerprint density at radius 1 is 1.50 bits per heavy atom. The molecule has 20 heavy (non-hydrogen) atoms. The number of hydrogen-bond acceptors (Lipinski definition) is 5. The van der Waals surface area contributed by atoms with Gasteiger partial charge in [0.1, 0.15) is 11.5 Å². The third-order valence-corrected chi connectivity index (χ3v) is 3.43. The van der Waals surface area contributed by atoms with Crippen LogP contribution in [0.1, 0.15) is 18.8 Å². The van der Waals surface area contributed by atoms with Crippen LogP contribution in [0.3, 0.4) is 0 Å². The van der Waals surface area contributed by atoms with Crippen LogP contribution in [0.15, 0.2) is 22.7 Å². The second-order valence-corrected chi connectivity index (χ2v) is 5.04. The Bertz CT molecular complexity index is 556. The van der Waals surface area contributed by atoms with Crippen molar-refractivity contribution in [3.05, 3.63) is 34.3 Å². The molecule has 1 unspecified atom stereocenters. The zero-order valence-electron chi connectivity index (χ0n) is 11.2. The molecule has 108 valence electrons. The topological polar surface area (TPSA) is 64.9 Å². The number of para-hydroxylation sites is 1. The summed E-state index contributed by atoms with van der Waals surface area (Å²) in [5.41, 5.74) is 0.299. The molecule has 0 aliphatic carbocycles. The molecule has 1 atom stereocenters. The van der Waals surface area contributed by atoms with Gasteiger partial charge in [-0.2, -0.15) is 4.68 Å². The van der Waals surface area contributed by atoms with Crippen LogP contribution in [0.4, 0.5) is 4.39 Å². The second-order valence-electron chi connectivity index (χ2n) is 4.19. The highest BCUT2D eigenvalue weighted by Gasteiger charge is 2.19. The van der Waals surface area contributed by atoms with Crippen LogP contribution in [0.25, 0.3) is 5.69 Å². The van der Waals surface area contributed by atoms with Crippen LogP contribution in [0, 0.1) is 5.82 Å². The molecule has 1 heterocycles. The molecule has 6 nitrogen and oxygen atoms in total. The summed E-state index contributed by atoms with van der Waals surface area (Å²) < 4.78 is 20.9. The van der Waals surface area contributed by atoms with E-state index in [0.717, 1.165) is 0 Å². The standard InChI is InChI=1S/C12H15BrFN5O/c1-8(15-6-7-20-2)12-16-17-18-19(12)11-9(13)4-3-5-10(11)14/h3-5,8,15H,6-7H2,1-2H3. The summed E-state index contributed by atoms with van der Waals surface area (Å²) >= 11 is 3.32. The number of nitrogens with one attached hydrogen (secondary N) is 1. The number of methoxy groups -OCH3 is 1. The van der Waals surface area contributed by atoms with Gasteiger partial charge in [-0.05, 0) is 45.4 Å². The zero-order valence-corrected chi connectivity index (χ0v) is 12.8. The summed E-state index contributed by atoms with van der Waals surface area (Å²) in [6, 6.07) is 4.60. The number of aromatic nitrogens is 4. The van der Waals surface area contributed by atoms with Crippen LogP contribution >= 0.6 is 15.9 Å². The molecule has 1 aromatic heterocycles. The lowest BCUT2D eigenvalue weighted by molar-refractivity contribution is 0.196. The predicted molar refractivity (Wildman–Crippen MR) is 75.1 cm³/mol. The number of halogens is 2. The average Bonchev–Trinajstić information content (AvgIpc) is 2.88. The highest BCUT2D eigenvalue weighted by molar-refractivity contribution is 9.10. The number of benzene rings is 1. The molecular formula is C12H15BrFN5O. The van der Waals surface area contributed by atoms with E-state index in [2.05, 4.69) is 36.8 Å². The lowest BCUT2D eigenvalue weighted by atomic mass is 10.2. The van der Waals surface area contributed by atoms with Crippen LogP contribution < -0.4 is 5.32 Å². The summed E-state index contributed by atoms with van der Waals surface area (Å²) in [7, 11) is 1.63. The molecule has 1 N–H and O–H groups in total. The molecule has 0 radical (unpaired) electrons. The lowest BCUT2D eigenvalue weighted by Crippen LogP contribution is -2.25. The molecule has 0 aliphatic rings. The van der Waals surface area contributed by atoms with Crippen LogP contribution in [-0.2, 0) is 4.74 Å². The van der Waals surface area contributed by atoms with Crippen molar-refractivity contribution in [1.82, 2.24) is 25.5 Å². The Morgan fingerprint density at radius 2 is 2.30 bits per heavy atom. The van der Waals surface area contributed by atoms with Gasteiger partial charge in [-0.3, -0.25) is 0 Å². The molecule has 0 aliphatic heterocycles. The van der Waals surface area contributed by atoms with E-state index in [4.69, 9.17) is 4.74 Å². The first kappa shape index (κ1) is 15.0. The fourth-order valence-electron chi connectivity index (χ4n) is 1.78. The summed E-state index contributed by atoms with van der Waals surface area (Å²) in [6.45, 7) is 3.14. The van der Waals surface area contributed by atoms with Crippen molar-refractivity contribution in [2.75, 3.05) is 20.3 Å². The highest BCUT2D eigenvalue weighted by Crippen LogP contribution is 2.25. The van der Waals surface area contributed by atoms with E-state index in [1.165, 1.54) is 10.7 Å². The molecule has 0 saturated heterocycles. The van der Waals surface area contributed by atoms with E-state index >= 15 is 0 Å². The Labute approximate surface area is 124 Å². The molecule has 0 spiro atoms. The number of ether oxygens (including phenoxy) is 1. The van der Waals surface area contributed by atoms with Gasteiger partial charge < -0.3 is 10.1 Å². The normalized spacial score (nSPS) is 12.6. The largest absolute Gasteiger partial charge is 0.383 e. The summed E-state index contributed by atoms with van der Waals surface area (Å²) in [5, 5.41) is 14.7. The molecule has 2 aromatic rings. The van der Waals surface area contributed by atoms with Gasteiger partial charge in [-0.1, -0.05) is 6.07 Å². The Kier molecular flexibility index (Phi) is 5.16. The maximum absolute atomic E-state index is 14.0. The first-order valence-corrected chi connectivity index (χ1v) is 6.89. The SMILES string of the molecule is COCCNC(C)c1nnnn1-c1c(F)cccc1Br. The molecule has 8 heteroatoms. The van der Waals surface area contributed by atoms with Crippen molar-refractivity contribution in [3.8, 4) is 5.69 Å². The average molecular weight is 344 g/mol. The maximum Gasteiger partial charge on any atom is 0.173 e. The monoisotopic (exact) mass is 343 g/mol. The summed E-state index contributed by atoms with van der Waals surface area (Å²) in [4.78, 5) is 0. The van der Waals surface area contributed by atoms with Gasteiger partial charge in [0.05, 0.1) is 12.6 Å². The van der Waals surface area contributed by atoms with Gasteiger partial charge in [0.15, 0.2) is 5.82 Å². The minimum absolute atomic E-state index is 0.133. The van der Waals surface area contributed by atoms with Crippen molar-refractivity contribution in [2.45, 2.75) is 13.0 Å². The number of rotatable bonds is 6. The zero-order chi connectivity index (χ0) is 14.5. The van der Waals surface area contributed by atoms with Gasteiger partial charge in [-0.25, -0.2) is 4.39 Å². The quantitative estimate of drug-likeness (QED) is 0.811. The van der Waals surface area contributed by atoms with Crippen molar-refractivity contribution >= 4 is 15.9 Å². The number of tetrazole rings is 1. The molecule has 0 bridgehead atoms. The van der Waals surface area contributed by atoms with E-state index in [1.807, 2.05) is 6.92 Å². The summed E-state index contributed by atoms with van der Waals surface area (Å²) in [6.07, 6.45) is 0. The first-order valence-electron chi connectivity index (χ1n) is 6.10. The lowest BCUT2D eigenvalue weighted by Gasteiger charge is -2.14. The fourth-order valence-corrected chi connectivity index (χ4v) is 2.29. The second kappa shape index (κ2) is 6.87. The van der Waals surface area contributed by atoms with Gasteiger partial charge in [0, 0.05) is 18.1 Å². The van der Waals surface area contributed by atoms with Gasteiger partial charge in [0.25, 0.3) is 0 Å². The van der Waals surface area contributed by atoms with Gasteiger partial charge in [-0.15, -0.1) is 5.10 Å². The van der Waals surface area contributed by atoms with Crippen molar-refractivity contribution in [2.24, 2.45) is 0 Å². The van der Waals surface area contributed by atoms with E-state index in [0.29, 0.717) is 29.1 Å². The minimum Gasteiger partial charge on any atom is -0.383 e. The van der Waals surface area contributed by atoms with Crippen molar-refractivity contribution in [1.29, 1.82) is 0 Å². The van der Waals surface area contributed by atoms with Crippen molar-refractivity contribution in [3.63, 3.8) is 0 Å². The van der Waals surface area contributed by atoms with E-state index in [-0.39, 0.29) is 6.04 Å². The van der Waals surface area contributed by atoms with Crippen LogP contribution in [-0.4, -0.2) is 40.5 Å². The van der Waals surface area contributed by atoms with Gasteiger partial charge in [0.2, 0.25) is 0 Å². The number of nitrogens with zero attached hydrogens (tertiary/aromatic N) is 4. The Balaban J connectivity index is 2.28. The molecule has 1 aromatic carbocycles. The third-order valence-electron chi connectivity index (χ3n) is 2.79. The van der Waals surface area contributed by atoms with Gasteiger partial charge >= 0.3 is 0 Å². The fraction of sp³-hybridized carbons (Fsp3) is 0.417. The highest BCUT2D eigenvalue weighted by atomic mass is 79.9. The smallest absolute Gasteiger partial charge is 0.173 e. The van der Waals surface area contributed by atoms with E-state index in [9.17, 15) is 4.39 Å². The minimum atomic E-state index is -0.392. The maximum atomic E-state index is 14.0. The Hall–Kier alpha value is -1.38. The first-order chi connectivity index (χ1) is 9.65. The number of hydrogen-bond donors (Lipinski definition) is 1. The molecule has 0 fully saturated rings. The van der Waals surface area contributed by atoms with Crippen molar-refractivity contribution < 1.29 is 9.13 Å². The van der Waals surface area contributed by atoms with Crippen LogP contribution in [0.5, 0.6) is 0 Å². The third kappa shape index (κ3) is 3.20. The molecule has 0 amide bonds.